The molecule has 0 radical (unpaired) electrons. The lowest BCUT2D eigenvalue weighted by Gasteiger charge is -2.20. The van der Waals surface area contributed by atoms with Gasteiger partial charge in [-0.2, -0.15) is 0 Å². The Morgan fingerprint density at radius 1 is 1.42 bits per heavy atom. The molecule has 0 aromatic heterocycles. The summed E-state index contributed by atoms with van der Waals surface area (Å²) in [6.45, 7) is 6.63. The van der Waals surface area contributed by atoms with Gasteiger partial charge in [0.15, 0.2) is 0 Å². The van der Waals surface area contributed by atoms with Gasteiger partial charge in [-0.1, -0.05) is 31.8 Å². The molecule has 1 aromatic carbocycles. The lowest BCUT2D eigenvalue weighted by Crippen LogP contribution is -2.30. The summed E-state index contributed by atoms with van der Waals surface area (Å²) >= 11 is 0. The SMILES string of the molecule is Cc1ccc(C#CCO)cc1C(=O)N(C)CC(C)C. The summed E-state index contributed by atoms with van der Waals surface area (Å²) in [4.78, 5) is 14.1. The zero-order chi connectivity index (χ0) is 14.4. The molecule has 0 aliphatic heterocycles. The van der Waals surface area contributed by atoms with Crippen LogP contribution in [0.5, 0.6) is 0 Å². The molecule has 0 saturated carbocycles. The molecule has 0 aliphatic rings. The highest BCUT2D eigenvalue weighted by atomic mass is 16.2. The summed E-state index contributed by atoms with van der Waals surface area (Å²) in [6.07, 6.45) is 0. The third-order valence-electron chi connectivity index (χ3n) is 2.77. The van der Waals surface area contributed by atoms with Crippen molar-refractivity contribution in [1.82, 2.24) is 4.90 Å². The van der Waals surface area contributed by atoms with E-state index in [2.05, 4.69) is 25.7 Å². The van der Waals surface area contributed by atoms with Gasteiger partial charge < -0.3 is 10.0 Å². The van der Waals surface area contributed by atoms with E-state index < -0.39 is 0 Å². The first-order valence-electron chi connectivity index (χ1n) is 6.41. The molecule has 0 aliphatic carbocycles. The molecule has 0 spiro atoms. The number of aryl methyl sites for hydroxylation is 1. The Bertz CT molecular complexity index is 509. The second-order valence-electron chi connectivity index (χ2n) is 5.07. The minimum absolute atomic E-state index is 0.0128. The molecule has 0 heterocycles. The van der Waals surface area contributed by atoms with E-state index in [1.54, 1.807) is 11.0 Å². The van der Waals surface area contributed by atoms with Gasteiger partial charge in [-0.15, -0.1) is 0 Å². The minimum Gasteiger partial charge on any atom is -0.384 e. The van der Waals surface area contributed by atoms with Crippen LogP contribution in [0.1, 0.15) is 35.3 Å². The van der Waals surface area contributed by atoms with E-state index in [1.807, 2.05) is 26.1 Å². The zero-order valence-corrected chi connectivity index (χ0v) is 12.0. The van der Waals surface area contributed by atoms with E-state index in [0.717, 1.165) is 17.7 Å². The van der Waals surface area contributed by atoms with Gasteiger partial charge in [-0.3, -0.25) is 4.79 Å². The van der Waals surface area contributed by atoms with Crippen molar-refractivity contribution in [1.29, 1.82) is 0 Å². The van der Waals surface area contributed by atoms with E-state index in [-0.39, 0.29) is 12.5 Å². The predicted molar refractivity (Wildman–Crippen MR) is 76.9 cm³/mol. The number of benzene rings is 1. The molecule has 102 valence electrons. The van der Waals surface area contributed by atoms with Crippen LogP contribution in [-0.2, 0) is 0 Å². The Balaban J connectivity index is 3.01. The van der Waals surface area contributed by atoms with Crippen molar-refractivity contribution >= 4 is 5.91 Å². The van der Waals surface area contributed by atoms with Crippen LogP contribution in [0.25, 0.3) is 0 Å². The third-order valence-corrected chi connectivity index (χ3v) is 2.77. The van der Waals surface area contributed by atoms with Crippen molar-refractivity contribution in [2.75, 3.05) is 20.2 Å². The Morgan fingerprint density at radius 3 is 2.68 bits per heavy atom. The van der Waals surface area contributed by atoms with Crippen LogP contribution in [0.2, 0.25) is 0 Å². The molecule has 0 fully saturated rings. The second-order valence-corrected chi connectivity index (χ2v) is 5.07. The highest BCUT2D eigenvalue weighted by Crippen LogP contribution is 2.13. The lowest BCUT2D eigenvalue weighted by atomic mass is 10.0. The van der Waals surface area contributed by atoms with Gasteiger partial charge in [0.25, 0.3) is 5.91 Å². The Morgan fingerprint density at radius 2 is 2.11 bits per heavy atom. The largest absolute Gasteiger partial charge is 0.384 e. The number of carbonyl (C=O) groups excluding carboxylic acids is 1. The minimum atomic E-state index is -0.176. The summed E-state index contributed by atoms with van der Waals surface area (Å²) in [5.41, 5.74) is 2.36. The maximum Gasteiger partial charge on any atom is 0.253 e. The summed E-state index contributed by atoms with van der Waals surface area (Å²) in [5, 5.41) is 8.70. The number of hydrogen-bond donors (Lipinski definition) is 1. The molecule has 1 N–H and O–H groups in total. The molecule has 0 unspecified atom stereocenters. The van der Waals surface area contributed by atoms with Gasteiger partial charge in [0.1, 0.15) is 6.61 Å². The molecule has 0 atom stereocenters. The average molecular weight is 259 g/mol. The molecule has 1 rings (SSSR count). The zero-order valence-electron chi connectivity index (χ0n) is 12.0. The molecule has 3 nitrogen and oxygen atoms in total. The first kappa shape index (κ1) is 15.3. The van der Waals surface area contributed by atoms with Crippen molar-refractivity contribution in [3.8, 4) is 11.8 Å². The van der Waals surface area contributed by atoms with Crippen LogP contribution in [0, 0.1) is 24.7 Å². The topological polar surface area (TPSA) is 40.5 Å². The molecule has 3 heteroatoms. The van der Waals surface area contributed by atoms with Gasteiger partial charge in [0.2, 0.25) is 0 Å². The van der Waals surface area contributed by atoms with E-state index >= 15 is 0 Å². The molecule has 1 amide bonds. The predicted octanol–water partition coefficient (Wildman–Crippen LogP) is 2.07. The summed E-state index contributed by atoms with van der Waals surface area (Å²) in [7, 11) is 1.81. The lowest BCUT2D eigenvalue weighted by molar-refractivity contribution is 0.0778. The van der Waals surface area contributed by atoms with E-state index in [4.69, 9.17) is 5.11 Å². The van der Waals surface area contributed by atoms with Gasteiger partial charge in [-0.25, -0.2) is 0 Å². The average Bonchev–Trinajstić information content (AvgIpc) is 2.36. The van der Waals surface area contributed by atoms with E-state index in [0.29, 0.717) is 11.5 Å². The van der Waals surface area contributed by atoms with Gasteiger partial charge in [-0.05, 0) is 30.5 Å². The fraction of sp³-hybridized carbons (Fsp3) is 0.438. The fourth-order valence-electron chi connectivity index (χ4n) is 1.91. The quantitative estimate of drug-likeness (QED) is 0.844. The van der Waals surface area contributed by atoms with Crippen LogP contribution in [0.3, 0.4) is 0 Å². The monoisotopic (exact) mass is 259 g/mol. The normalized spacial score (nSPS) is 10.0. The van der Waals surface area contributed by atoms with Crippen molar-refractivity contribution < 1.29 is 9.90 Å². The highest BCUT2D eigenvalue weighted by Gasteiger charge is 2.15. The number of aliphatic hydroxyl groups is 1. The molecule has 19 heavy (non-hydrogen) atoms. The number of hydrogen-bond acceptors (Lipinski definition) is 2. The Hall–Kier alpha value is -1.79. The number of nitrogens with zero attached hydrogens (tertiary/aromatic N) is 1. The van der Waals surface area contributed by atoms with Gasteiger partial charge in [0, 0.05) is 24.7 Å². The molecule has 0 saturated heterocycles. The number of rotatable bonds is 3. The van der Waals surface area contributed by atoms with Crippen LogP contribution in [0.4, 0.5) is 0 Å². The van der Waals surface area contributed by atoms with Crippen molar-refractivity contribution in [3.63, 3.8) is 0 Å². The van der Waals surface area contributed by atoms with E-state index in [1.165, 1.54) is 0 Å². The summed E-state index contributed by atoms with van der Waals surface area (Å²) in [5.74, 6) is 5.87. The van der Waals surface area contributed by atoms with Crippen molar-refractivity contribution in [2.24, 2.45) is 5.92 Å². The third kappa shape index (κ3) is 4.42. The highest BCUT2D eigenvalue weighted by molar-refractivity contribution is 5.95. The molecule has 0 bridgehead atoms. The van der Waals surface area contributed by atoms with Crippen LogP contribution >= 0.6 is 0 Å². The van der Waals surface area contributed by atoms with Crippen LogP contribution in [0.15, 0.2) is 18.2 Å². The van der Waals surface area contributed by atoms with Gasteiger partial charge >= 0.3 is 0 Å². The molecule has 1 aromatic rings. The van der Waals surface area contributed by atoms with Crippen LogP contribution in [-0.4, -0.2) is 36.1 Å². The fourth-order valence-corrected chi connectivity index (χ4v) is 1.91. The maximum absolute atomic E-state index is 12.4. The maximum atomic E-state index is 12.4. The Kier molecular flexibility index (Phi) is 5.59. The molecular weight excluding hydrogens is 238 g/mol. The first-order chi connectivity index (χ1) is 8.95. The smallest absolute Gasteiger partial charge is 0.253 e. The second kappa shape index (κ2) is 6.96. The number of amides is 1. The molecular formula is C16H21NO2. The Labute approximate surface area is 115 Å². The van der Waals surface area contributed by atoms with Crippen molar-refractivity contribution in [3.05, 3.63) is 34.9 Å². The van der Waals surface area contributed by atoms with E-state index in [9.17, 15) is 4.79 Å². The standard InChI is InChI=1S/C16H21NO2/c1-12(2)11-17(4)16(19)15-10-14(6-5-9-18)8-7-13(15)3/h7-8,10,12,18H,9,11H2,1-4H3. The van der Waals surface area contributed by atoms with Gasteiger partial charge in [0.05, 0.1) is 0 Å². The first-order valence-corrected chi connectivity index (χ1v) is 6.41. The summed E-state index contributed by atoms with van der Waals surface area (Å²) in [6, 6.07) is 5.53. The number of aliphatic hydroxyl groups excluding tert-OH is 1. The number of carbonyl (C=O) groups is 1. The van der Waals surface area contributed by atoms with Crippen LogP contribution < -0.4 is 0 Å². The van der Waals surface area contributed by atoms with Crippen molar-refractivity contribution in [2.45, 2.75) is 20.8 Å². The summed E-state index contributed by atoms with van der Waals surface area (Å²) < 4.78 is 0.